The molecule has 1 unspecified atom stereocenters. The Morgan fingerprint density at radius 1 is 1.03 bits per heavy atom. The second kappa shape index (κ2) is 9.41. The summed E-state index contributed by atoms with van der Waals surface area (Å²) in [5.41, 5.74) is 0.860. The number of nitrogens with one attached hydrogen (secondary N) is 1. The van der Waals surface area contributed by atoms with Crippen LogP contribution in [0.25, 0.3) is 22.2 Å². The molecule has 6 nitrogen and oxygen atoms in total. The lowest BCUT2D eigenvalue weighted by atomic mass is 10.0. The number of halogens is 1. The molecule has 0 radical (unpaired) electrons. The van der Waals surface area contributed by atoms with E-state index in [0.717, 1.165) is 28.5 Å². The fourth-order valence-electron chi connectivity index (χ4n) is 2.83. The molecular formula is C22H16FN3O3S2. The van der Waals surface area contributed by atoms with Crippen molar-refractivity contribution in [3.63, 3.8) is 0 Å². The van der Waals surface area contributed by atoms with Crippen LogP contribution >= 0.6 is 11.8 Å². The molecule has 1 heterocycles. The van der Waals surface area contributed by atoms with E-state index < -0.39 is 16.2 Å². The Bertz CT molecular complexity index is 1310. The summed E-state index contributed by atoms with van der Waals surface area (Å²) in [5, 5.41) is 10.6. The lowest BCUT2D eigenvalue weighted by Crippen LogP contribution is -2.30. The lowest BCUT2D eigenvalue weighted by molar-refractivity contribution is 0.466. The van der Waals surface area contributed by atoms with Gasteiger partial charge in [-0.25, -0.2) is 4.39 Å². The van der Waals surface area contributed by atoms with Crippen LogP contribution in [0.5, 0.6) is 0 Å². The molecule has 3 aromatic carbocycles. The Hall–Kier alpha value is -3.03. The summed E-state index contributed by atoms with van der Waals surface area (Å²) in [4.78, 5) is -0.0168. The van der Waals surface area contributed by atoms with Crippen LogP contribution < -0.4 is 4.72 Å². The Labute approximate surface area is 183 Å². The number of aromatic nitrogens is 2. The largest absolute Gasteiger partial charge is 0.593 e. The average Bonchev–Trinajstić information content (AvgIpc) is 3.25. The smallest absolute Gasteiger partial charge is 0.277 e. The summed E-state index contributed by atoms with van der Waals surface area (Å²) >= 11 is 1.26. The zero-order valence-corrected chi connectivity index (χ0v) is 17.7. The Morgan fingerprint density at radius 2 is 1.81 bits per heavy atom. The normalized spacial score (nSPS) is 12.8. The van der Waals surface area contributed by atoms with Crippen LogP contribution in [0.4, 0.5) is 4.39 Å². The molecule has 0 aliphatic rings. The number of hydrogen-bond acceptors (Lipinski definition) is 6. The number of sulfonamides is 1. The van der Waals surface area contributed by atoms with Gasteiger partial charge in [0, 0.05) is 5.56 Å². The van der Waals surface area contributed by atoms with E-state index in [4.69, 9.17) is 4.42 Å². The Balaban J connectivity index is 1.32. The molecule has 0 aliphatic heterocycles. The van der Waals surface area contributed by atoms with E-state index in [9.17, 15) is 13.2 Å². The fourth-order valence-corrected chi connectivity index (χ4v) is 4.29. The molecule has 31 heavy (non-hydrogen) atoms. The highest BCUT2D eigenvalue weighted by Crippen LogP contribution is 2.29. The minimum Gasteiger partial charge on any atom is -0.593 e. The van der Waals surface area contributed by atoms with Crippen molar-refractivity contribution in [2.75, 3.05) is 12.3 Å². The zero-order valence-electron chi connectivity index (χ0n) is 16.1. The van der Waals surface area contributed by atoms with Crippen LogP contribution in [0.3, 0.4) is 0 Å². The molecule has 1 N–H and O–H groups in total. The van der Waals surface area contributed by atoms with Crippen molar-refractivity contribution in [3.05, 3.63) is 72.5 Å². The Kier molecular flexibility index (Phi) is 6.44. The second-order valence-corrected chi connectivity index (χ2v) is 9.01. The summed E-state index contributed by atoms with van der Waals surface area (Å²) in [6, 6.07) is 18.4. The summed E-state index contributed by atoms with van der Waals surface area (Å²) in [7, 11) is -3.73. The third-order valence-electron chi connectivity index (χ3n) is 4.29. The van der Waals surface area contributed by atoms with Gasteiger partial charge in [0.05, 0.1) is 5.75 Å². The highest BCUT2D eigenvalue weighted by molar-refractivity contribution is 7.99. The molecule has 4 aromatic rings. The summed E-state index contributed by atoms with van der Waals surface area (Å²) in [5.74, 6) is 5.86. The molecular weight excluding hydrogens is 437 g/mol. The van der Waals surface area contributed by atoms with Crippen LogP contribution in [-0.4, -0.2) is 27.0 Å². The third-order valence-corrected chi connectivity index (χ3v) is 6.41. The molecule has 9 heteroatoms. The van der Waals surface area contributed by atoms with Gasteiger partial charge in [0.15, 0.2) is 15.3 Å². The van der Waals surface area contributed by atoms with E-state index in [-0.39, 0.29) is 11.4 Å². The van der Waals surface area contributed by atoms with Gasteiger partial charge in [0.2, 0.25) is 5.89 Å². The number of thioether (sulfide) groups is 1. The first-order valence-corrected chi connectivity index (χ1v) is 11.7. The molecule has 1 aromatic heterocycles. The molecule has 0 fully saturated rings. The number of hydrogen-bond donors (Lipinski definition) is 1. The average molecular weight is 454 g/mol. The van der Waals surface area contributed by atoms with Crippen molar-refractivity contribution in [2.45, 2.75) is 10.1 Å². The van der Waals surface area contributed by atoms with Gasteiger partial charge in [0.25, 0.3) is 5.22 Å². The quantitative estimate of drug-likeness (QED) is 0.266. The van der Waals surface area contributed by atoms with Gasteiger partial charge < -0.3 is 8.97 Å². The number of benzene rings is 3. The highest BCUT2D eigenvalue weighted by Gasteiger charge is 2.18. The van der Waals surface area contributed by atoms with Crippen LogP contribution in [0.1, 0.15) is 0 Å². The number of rotatable bonds is 6. The van der Waals surface area contributed by atoms with Gasteiger partial charge in [0.1, 0.15) is 12.4 Å². The van der Waals surface area contributed by atoms with Crippen molar-refractivity contribution >= 4 is 32.9 Å². The maximum Gasteiger partial charge on any atom is 0.277 e. The molecule has 0 amide bonds. The minimum atomic E-state index is -3.73. The molecule has 0 bridgehead atoms. The van der Waals surface area contributed by atoms with Crippen LogP contribution in [0, 0.1) is 17.7 Å². The first kappa shape index (κ1) is 21.2. The molecule has 0 saturated heterocycles. The van der Waals surface area contributed by atoms with Crippen molar-refractivity contribution in [3.8, 4) is 23.3 Å². The predicted molar refractivity (Wildman–Crippen MR) is 117 cm³/mol. The van der Waals surface area contributed by atoms with Gasteiger partial charge >= 0.3 is 0 Å². The van der Waals surface area contributed by atoms with Crippen LogP contribution in [0.2, 0.25) is 0 Å². The number of fused-ring (bicyclic) bond motifs is 1. The van der Waals surface area contributed by atoms with Crippen molar-refractivity contribution in [2.24, 2.45) is 0 Å². The first-order valence-electron chi connectivity index (χ1n) is 9.18. The molecule has 1 atom stereocenters. The molecule has 0 spiro atoms. The van der Waals surface area contributed by atoms with E-state index in [1.807, 2.05) is 42.5 Å². The van der Waals surface area contributed by atoms with E-state index in [0.29, 0.717) is 16.9 Å². The maximum absolute atomic E-state index is 12.9. The standard InChI is InChI=1S/C22H16FN3O3S2/c23-17-10-12-18(13-11-17)31(27,28)24-14-3-4-15-30-22-26-25-21(29-22)20-9-5-7-16-6-1-2-8-19(16)20/h1-2,5-13H,14-15H2,(H-,24,27,28). The van der Waals surface area contributed by atoms with Gasteiger partial charge in [-0.2, -0.15) is 0 Å². The molecule has 4 rings (SSSR count). The van der Waals surface area contributed by atoms with E-state index in [1.54, 1.807) is 0 Å². The van der Waals surface area contributed by atoms with Gasteiger partial charge in [-0.05, 0) is 41.1 Å². The predicted octanol–water partition coefficient (Wildman–Crippen LogP) is 4.32. The van der Waals surface area contributed by atoms with E-state index in [1.165, 1.54) is 23.9 Å². The van der Waals surface area contributed by atoms with Crippen molar-refractivity contribution in [1.82, 2.24) is 14.9 Å². The summed E-state index contributed by atoms with van der Waals surface area (Å²) in [6.45, 7) is -0.0641. The zero-order chi connectivity index (χ0) is 21.7. The maximum atomic E-state index is 12.9. The molecule has 0 saturated carbocycles. The SMILES string of the molecule is O=[S+]([O-])(NCC#CCSc1nnc(-c2cccc3ccccc23)o1)c1ccc(F)cc1. The fraction of sp³-hybridized carbons (Fsp3) is 0.0909. The van der Waals surface area contributed by atoms with Gasteiger partial charge in [-0.3, -0.25) is 0 Å². The topological polar surface area (TPSA) is 91.1 Å². The van der Waals surface area contributed by atoms with Crippen molar-refractivity contribution in [1.29, 1.82) is 0 Å². The number of nitrogens with zero attached hydrogens (tertiary/aromatic N) is 2. The monoisotopic (exact) mass is 453 g/mol. The highest BCUT2D eigenvalue weighted by atomic mass is 32.3. The van der Waals surface area contributed by atoms with E-state index in [2.05, 4.69) is 26.8 Å². The van der Waals surface area contributed by atoms with Gasteiger partial charge in [-0.1, -0.05) is 64.2 Å². The Morgan fingerprint density at radius 3 is 2.65 bits per heavy atom. The van der Waals surface area contributed by atoms with E-state index >= 15 is 0 Å². The second-order valence-electron chi connectivity index (χ2n) is 6.32. The van der Waals surface area contributed by atoms with Gasteiger partial charge in [-0.15, -0.1) is 14.9 Å². The first-order chi connectivity index (χ1) is 15.0. The summed E-state index contributed by atoms with van der Waals surface area (Å²) < 4.78 is 45.2. The molecule has 0 aliphatic carbocycles. The van der Waals surface area contributed by atoms with Crippen LogP contribution in [0.15, 0.2) is 81.3 Å². The molecule has 156 valence electrons. The summed E-state index contributed by atoms with van der Waals surface area (Å²) in [6.07, 6.45) is 0. The minimum absolute atomic E-state index is 0.0168. The van der Waals surface area contributed by atoms with Crippen LogP contribution in [-0.2, 0) is 14.6 Å². The van der Waals surface area contributed by atoms with Crippen molar-refractivity contribution < 1.29 is 17.6 Å². The third kappa shape index (κ3) is 5.18. The lowest BCUT2D eigenvalue weighted by Gasteiger charge is -2.12.